The SMILES string of the molecule is CC[C@H]1C[N@+]2(Cc3c4ccccc4cc4ccccc34)CC[C@H]1C[C@@H]2[C@H](OCc1ccncc1)c1ccnc2ccccc12. The van der Waals surface area contributed by atoms with Gasteiger partial charge < -0.3 is 9.22 Å². The maximum absolute atomic E-state index is 7.15. The van der Waals surface area contributed by atoms with Crippen LogP contribution in [-0.2, 0) is 17.9 Å². The molecule has 0 aliphatic carbocycles. The third-order valence-corrected chi connectivity index (χ3v) is 10.9. The van der Waals surface area contributed by atoms with Crippen LogP contribution in [0.4, 0.5) is 0 Å². The average molecular weight is 579 g/mol. The van der Waals surface area contributed by atoms with Crippen LogP contribution in [0.2, 0.25) is 0 Å². The van der Waals surface area contributed by atoms with Crippen molar-refractivity contribution in [3.8, 4) is 0 Å². The fourth-order valence-corrected chi connectivity index (χ4v) is 8.68. The molecule has 4 aromatic carbocycles. The van der Waals surface area contributed by atoms with Gasteiger partial charge in [-0.05, 0) is 75.3 Å². The molecule has 0 spiro atoms. The van der Waals surface area contributed by atoms with Gasteiger partial charge in [-0.25, -0.2) is 0 Å². The highest BCUT2D eigenvalue weighted by molar-refractivity contribution is 6.02. The summed E-state index contributed by atoms with van der Waals surface area (Å²) in [5.41, 5.74) is 4.97. The van der Waals surface area contributed by atoms with Crippen molar-refractivity contribution >= 4 is 32.4 Å². The number of nitrogens with zero attached hydrogens (tertiary/aromatic N) is 3. The molecule has 6 aromatic rings. The molecule has 0 saturated carbocycles. The molecule has 0 N–H and O–H groups in total. The van der Waals surface area contributed by atoms with Crippen molar-refractivity contribution in [3.05, 3.63) is 132 Å². The number of rotatable bonds is 8. The Hall–Kier alpha value is -4.12. The van der Waals surface area contributed by atoms with E-state index in [0.717, 1.165) is 33.9 Å². The van der Waals surface area contributed by atoms with Gasteiger partial charge in [-0.15, -0.1) is 0 Å². The number of benzene rings is 4. The smallest absolute Gasteiger partial charge is 0.135 e. The maximum Gasteiger partial charge on any atom is 0.135 e. The Kier molecular flexibility index (Phi) is 7.12. The topological polar surface area (TPSA) is 35.0 Å². The molecule has 3 aliphatic rings. The first-order valence-corrected chi connectivity index (χ1v) is 16.3. The van der Waals surface area contributed by atoms with Gasteiger partial charge in [-0.3, -0.25) is 9.97 Å². The summed E-state index contributed by atoms with van der Waals surface area (Å²) in [6.07, 6.45) is 9.41. The summed E-state index contributed by atoms with van der Waals surface area (Å²) in [5.74, 6) is 1.49. The maximum atomic E-state index is 7.15. The number of quaternary nitrogens is 1. The predicted molar refractivity (Wildman–Crippen MR) is 179 cm³/mol. The van der Waals surface area contributed by atoms with E-state index in [1.54, 1.807) is 0 Å². The van der Waals surface area contributed by atoms with Gasteiger partial charge in [0.15, 0.2) is 0 Å². The third kappa shape index (κ3) is 4.77. The number of hydrogen-bond donors (Lipinski definition) is 0. The fourth-order valence-electron chi connectivity index (χ4n) is 8.68. The molecule has 3 saturated heterocycles. The lowest BCUT2D eigenvalue weighted by Gasteiger charge is -2.59. The highest BCUT2D eigenvalue weighted by atomic mass is 16.5. The number of fused-ring (bicyclic) bond motifs is 6. The van der Waals surface area contributed by atoms with Crippen LogP contribution in [-0.4, -0.2) is 33.6 Å². The molecule has 2 aromatic heterocycles. The lowest BCUT2D eigenvalue weighted by molar-refractivity contribution is -0.985. The number of piperidine rings is 3. The quantitative estimate of drug-likeness (QED) is 0.134. The Bertz CT molecular complexity index is 1880. The van der Waals surface area contributed by atoms with Gasteiger partial charge in [0.05, 0.1) is 25.2 Å². The van der Waals surface area contributed by atoms with E-state index in [0.29, 0.717) is 12.6 Å². The van der Waals surface area contributed by atoms with Crippen molar-refractivity contribution < 1.29 is 9.22 Å². The summed E-state index contributed by atoms with van der Waals surface area (Å²) in [7, 11) is 0. The standard InChI is InChI=1S/C40H40N3O/c1-2-29-25-43(26-37-33-11-5-3-9-31(33)23-32-10-4-6-12-34(32)37)22-18-30(29)24-39(43)40(44-27-28-15-19-41-20-16-28)36-17-21-42-38-14-8-7-13-35(36)38/h3-17,19-21,23,29-30,39-40H,2,18,22,24-27H2,1H3/q+1/t29-,30-,39+,40+,43-/m0/s1. The molecule has 4 nitrogen and oxygen atoms in total. The minimum absolute atomic E-state index is 0.0436. The van der Waals surface area contributed by atoms with Crippen molar-refractivity contribution in [2.24, 2.45) is 11.8 Å². The molecular formula is C40H40N3O+. The molecule has 220 valence electrons. The predicted octanol–water partition coefficient (Wildman–Crippen LogP) is 9.03. The average Bonchev–Trinajstić information content (AvgIpc) is 3.09. The molecule has 2 bridgehead atoms. The first kappa shape index (κ1) is 27.4. The van der Waals surface area contributed by atoms with E-state index in [1.807, 2.05) is 18.6 Å². The van der Waals surface area contributed by atoms with Crippen LogP contribution in [0.1, 0.15) is 49.0 Å². The van der Waals surface area contributed by atoms with Crippen LogP contribution in [0.3, 0.4) is 0 Å². The first-order valence-electron chi connectivity index (χ1n) is 16.3. The number of hydrogen-bond acceptors (Lipinski definition) is 3. The van der Waals surface area contributed by atoms with E-state index in [2.05, 4.69) is 109 Å². The molecular weight excluding hydrogens is 538 g/mol. The lowest BCUT2D eigenvalue weighted by atomic mass is 9.70. The van der Waals surface area contributed by atoms with Crippen molar-refractivity contribution in [2.45, 2.75) is 51.5 Å². The summed E-state index contributed by atoms with van der Waals surface area (Å²) in [6, 6.07) is 35.7. The number of pyridine rings is 2. The van der Waals surface area contributed by atoms with E-state index >= 15 is 0 Å². The first-order chi connectivity index (χ1) is 21.7. The Morgan fingerprint density at radius 2 is 1.52 bits per heavy atom. The normalized spacial score (nSPS) is 23.8. The number of ether oxygens (including phenoxy) is 1. The van der Waals surface area contributed by atoms with Crippen LogP contribution in [0.15, 0.2) is 116 Å². The monoisotopic (exact) mass is 578 g/mol. The van der Waals surface area contributed by atoms with Gasteiger partial charge in [-0.2, -0.15) is 0 Å². The van der Waals surface area contributed by atoms with Gasteiger partial charge in [-0.1, -0.05) is 73.7 Å². The van der Waals surface area contributed by atoms with Crippen molar-refractivity contribution in [2.75, 3.05) is 13.1 Å². The molecule has 5 heterocycles. The zero-order valence-corrected chi connectivity index (χ0v) is 25.5. The Morgan fingerprint density at radius 1 is 0.818 bits per heavy atom. The van der Waals surface area contributed by atoms with E-state index in [9.17, 15) is 0 Å². The van der Waals surface area contributed by atoms with Crippen LogP contribution in [0.5, 0.6) is 0 Å². The van der Waals surface area contributed by atoms with E-state index in [4.69, 9.17) is 9.72 Å². The van der Waals surface area contributed by atoms with Crippen molar-refractivity contribution in [3.63, 3.8) is 0 Å². The van der Waals surface area contributed by atoms with Crippen LogP contribution in [0, 0.1) is 11.8 Å². The van der Waals surface area contributed by atoms with Crippen LogP contribution < -0.4 is 0 Å². The van der Waals surface area contributed by atoms with Crippen molar-refractivity contribution in [1.82, 2.24) is 9.97 Å². The highest BCUT2D eigenvalue weighted by Crippen LogP contribution is 2.50. The molecule has 0 radical (unpaired) electrons. The molecule has 0 unspecified atom stereocenters. The molecule has 9 rings (SSSR count). The van der Waals surface area contributed by atoms with Crippen molar-refractivity contribution in [1.29, 1.82) is 0 Å². The van der Waals surface area contributed by atoms with E-state index in [-0.39, 0.29) is 6.10 Å². The summed E-state index contributed by atoms with van der Waals surface area (Å²) < 4.78 is 8.22. The molecule has 3 fully saturated rings. The lowest BCUT2D eigenvalue weighted by Crippen LogP contribution is -2.67. The molecule has 4 heteroatoms. The molecule has 44 heavy (non-hydrogen) atoms. The molecule has 3 aliphatic heterocycles. The fraction of sp³-hybridized carbons (Fsp3) is 0.300. The summed E-state index contributed by atoms with van der Waals surface area (Å²) >= 11 is 0. The van der Waals surface area contributed by atoms with Crippen LogP contribution in [0.25, 0.3) is 32.4 Å². The summed E-state index contributed by atoms with van der Waals surface area (Å²) in [6.45, 7) is 6.40. The highest BCUT2D eigenvalue weighted by Gasteiger charge is 2.55. The second kappa shape index (κ2) is 11.4. The minimum Gasteiger partial charge on any atom is -0.363 e. The van der Waals surface area contributed by atoms with Gasteiger partial charge in [0, 0.05) is 48.3 Å². The Morgan fingerprint density at radius 3 is 2.27 bits per heavy atom. The third-order valence-electron chi connectivity index (χ3n) is 10.9. The minimum atomic E-state index is -0.0436. The number of aromatic nitrogens is 2. The summed E-state index contributed by atoms with van der Waals surface area (Å²) in [4.78, 5) is 9.00. The second-order valence-electron chi connectivity index (χ2n) is 13.1. The van der Waals surface area contributed by atoms with Gasteiger partial charge in [0.25, 0.3) is 0 Å². The van der Waals surface area contributed by atoms with E-state index < -0.39 is 0 Å². The largest absolute Gasteiger partial charge is 0.363 e. The van der Waals surface area contributed by atoms with Gasteiger partial charge in [0.1, 0.15) is 18.7 Å². The number of para-hydroxylation sites is 1. The molecule has 0 amide bonds. The van der Waals surface area contributed by atoms with Crippen LogP contribution >= 0.6 is 0 Å². The second-order valence-corrected chi connectivity index (χ2v) is 13.1. The zero-order chi connectivity index (χ0) is 29.5. The summed E-state index contributed by atoms with van der Waals surface area (Å²) in [5, 5.41) is 6.66. The molecule has 5 atom stereocenters. The van der Waals surface area contributed by atoms with Gasteiger partial charge in [0.2, 0.25) is 0 Å². The van der Waals surface area contributed by atoms with E-state index in [1.165, 1.54) is 70.4 Å². The zero-order valence-electron chi connectivity index (χ0n) is 25.5. The van der Waals surface area contributed by atoms with Gasteiger partial charge >= 0.3 is 0 Å². The Labute approximate surface area is 259 Å². The Balaban J connectivity index is 1.29.